The van der Waals surface area contributed by atoms with Crippen molar-refractivity contribution in [3.8, 4) is 16.9 Å². The number of unbranched alkanes of at least 4 members (excludes halogenated alkanes) is 1. The molecular weight excluding hydrogens is 405 g/mol. The van der Waals surface area contributed by atoms with Crippen LogP contribution < -0.4 is 10.5 Å². The van der Waals surface area contributed by atoms with Crippen molar-refractivity contribution >= 4 is 17.7 Å². The first-order chi connectivity index (χ1) is 13.7. The number of hydrogen-bond donors (Lipinski definition) is 1. The second-order valence-corrected chi connectivity index (χ2v) is 7.10. The predicted molar refractivity (Wildman–Crippen MR) is 107 cm³/mol. The maximum atomic E-state index is 12.2. The number of rotatable bonds is 9. The highest BCUT2D eigenvalue weighted by Gasteiger charge is 2.30. The molecule has 0 saturated heterocycles. The van der Waals surface area contributed by atoms with E-state index in [1.807, 2.05) is 31.2 Å². The molecule has 0 aliphatic heterocycles. The number of benzene rings is 2. The first-order valence-electron chi connectivity index (χ1n) is 9.37. The highest BCUT2D eigenvalue weighted by molar-refractivity contribution is 6.21. The van der Waals surface area contributed by atoms with E-state index in [-0.39, 0.29) is 11.7 Å². The Morgan fingerprint density at radius 1 is 1.10 bits per heavy atom. The van der Waals surface area contributed by atoms with Crippen LogP contribution in [0.1, 0.15) is 31.7 Å². The summed E-state index contributed by atoms with van der Waals surface area (Å²) in [6, 6.07) is 12.6. The average molecular weight is 429 g/mol. The molecule has 0 bridgehead atoms. The third-order valence-electron chi connectivity index (χ3n) is 4.40. The van der Waals surface area contributed by atoms with Crippen molar-refractivity contribution in [2.45, 2.75) is 45.0 Å². The summed E-state index contributed by atoms with van der Waals surface area (Å²) in [5.74, 6) is -0.542. The van der Waals surface area contributed by atoms with E-state index in [0.717, 1.165) is 34.0 Å². The summed E-state index contributed by atoms with van der Waals surface area (Å²) in [7, 11) is 0. The van der Waals surface area contributed by atoms with Crippen LogP contribution in [0.25, 0.3) is 11.1 Å². The van der Waals surface area contributed by atoms with Gasteiger partial charge in [-0.3, -0.25) is 9.21 Å². The molecule has 4 nitrogen and oxygen atoms in total. The second-order valence-electron chi connectivity index (χ2n) is 6.69. The van der Waals surface area contributed by atoms with E-state index >= 15 is 0 Å². The normalized spacial score (nSPS) is 12.5. The molecule has 0 aliphatic rings. The maximum Gasteiger partial charge on any atom is 0.573 e. The molecule has 2 aromatic carbocycles. The molecule has 0 fully saturated rings. The molecule has 0 heterocycles. The summed E-state index contributed by atoms with van der Waals surface area (Å²) in [6.45, 7) is 2.37. The van der Waals surface area contributed by atoms with Crippen LogP contribution in [0.4, 0.5) is 13.2 Å². The predicted octanol–water partition coefficient (Wildman–Crippen LogP) is 5.29. The Balaban J connectivity index is 1.91. The molecule has 158 valence electrons. The standard InChI is InChI=1S/C21H24ClF3N2O2/c1-2-3-4-19(26)20(28)27(22)14-13-15-5-7-16(8-6-15)17-9-11-18(12-10-17)29-21(23,24)25/h5-12,19H,2-4,13-14,26H2,1H3/t19-/m0/s1. The lowest BCUT2D eigenvalue weighted by Gasteiger charge is -2.18. The van der Waals surface area contributed by atoms with Crippen LogP contribution in [0.2, 0.25) is 0 Å². The van der Waals surface area contributed by atoms with Gasteiger partial charge in [-0.15, -0.1) is 13.2 Å². The fourth-order valence-electron chi connectivity index (χ4n) is 2.78. The number of nitrogens with zero attached hydrogens (tertiary/aromatic N) is 1. The Morgan fingerprint density at radius 3 is 2.17 bits per heavy atom. The van der Waals surface area contributed by atoms with Crippen molar-refractivity contribution in [1.29, 1.82) is 0 Å². The Labute approximate surface area is 173 Å². The molecule has 2 rings (SSSR count). The molecule has 8 heteroatoms. The zero-order valence-corrected chi connectivity index (χ0v) is 16.8. The lowest BCUT2D eigenvalue weighted by molar-refractivity contribution is -0.274. The van der Waals surface area contributed by atoms with E-state index in [1.54, 1.807) is 12.1 Å². The highest BCUT2D eigenvalue weighted by atomic mass is 35.5. The van der Waals surface area contributed by atoms with Gasteiger partial charge >= 0.3 is 6.36 Å². The van der Waals surface area contributed by atoms with Crippen LogP contribution in [0.15, 0.2) is 48.5 Å². The Hall–Kier alpha value is -2.25. The van der Waals surface area contributed by atoms with Crippen LogP contribution in [0.5, 0.6) is 5.75 Å². The lowest BCUT2D eigenvalue weighted by atomic mass is 10.0. The van der Waals surface area contributed by atoms with E-state index in [2.05, 4.69) is 4.74 Å². The zero-order valence-electron chi connectivity index (χ0n) is 16.1. The van der Waals surface area contributed by atoms with Crippen molar-refractivity contribution in [2.24, 2.45) is 5.73 Å². The molecule has 2 aromatic rings. The van der Waals surface area contributed by atoms with Gasteiger partial charge in [-0.05, 0) is 41.7 Å². The van der Waals surface area contributed by atoms with Crippen LogP contribution >= 0.6 is 11.8 Å². The lowest BCUT2D eigenvalue weighted by Crippen LogP contribution is -2.39. The van der Waals surface area contributed by atoms with Crippen molar-refractivity contribution < 1.29 is 22.7 Å². The minimum Gasteiger partial charge on any atom is -0.406 e. The molecule has 1 atom stereocenters. The molecule has 2 N–H and O–H groups in total. The average Bonchev–Trinajstić information content (AvgIpc) is 2.69. The highest BCUT2D eigenvalue weighted by Crippen LogP contribution is 2.26. The number of ether oxygens (including phenoxy) is 1. The van der Waals surface area contributed by atoms with E-state index in [1.165, 1.54) is 12.1 Å². The summed E-state index contributed by atoms with van der Waals surface area (Å²) in [5.41, 5.74) is 8.45. The second kappa shape index (κ2) is 10.5. The van der Waals surface area contributed by atoms with Crippen LogP contribution in [0, 0.1) is 0 Å². The smallest absolute Gasteiger partial charge is 0.406 e. The fourth-order valence-corrected chi connectivity index (χ4v) is 2.99. The molecule has 0 saturated carbocycles. The number of nitrogens with two attached hydrogens (primary N) is 1. The van der Waals surface area contributed by atoms with Gasteiger partial charge in [0.05, 0.1) is 6.04 Å². The molecule has 1 amide bonds. The van der Waals surface area contributed by atoms with Gasteiger partial charge in [0.2, 0.25) is 0 Å². The molecular formula is C21H24ClF3N2O2. The van der Waals surface area contributed by atoms with E-state index in [0.29, 0.717) is 19.4 Å². The molecule has 0 aromatic heterocycles. The molecule has 0 unspecified atom stereocenters. The number of alkyl halides is 3. The number of hydrogen-bond acceptors (Lipinski definition) is 3. The minimum absolute atomic E-state index is 0.262. The Kier molecular flexibility index (Phi) is 8.34. The van der Waals surface area contributed by atoms with Gasteiger partial charge < -0.3 is 10.5 Å². The summed E-state index contributed by atoms with van der Waals surface area (Å²) in [4.78, 5) is 12.1. The van der Waals surface area contributed by atoms with Gasteiger partial charge in [-0.25, -0.2) is 0 Å². The van der Waals surface area contributed by atoms with Crippen LogP contribution in [-0.2, 0) is 11.2 Å². The van der Waals surface area contributed by atoms with Crippen molar-refractivity contribution in [3.05, 3.63) is 54.1 Å². The summed E-state index contributed by atoms with van der Waals surface area (Å²) in [6.07, 6.45) is -1.69. The maximum absolute atomic E-state index is 12.2. The van der Waals surface area contributed by atoms with E-state index in [4.69, 9.17) is 17.5 Å². The third kappa shape index (κ3) is 7.59. The monoisotopic (exact) mass is 428 g/mol. The van der Waals surface area contributed by atoms with Crippen molar-refractivity contribution in [3.63, 3.8) is 0 Å². The largest absolute Gasteiger partial charge is 0.573 e. The fraction of sp³-hybridized carbons (Fsp3) is 0.381. The van der Waals surface area contributed by atoms with Gasteiger partial charge in [0.1, 0.15) is 5.75 Å². The number of halogens is 4. The van der Waals surface area contributed by atoms with Crippen LogP contribution in [0.3, 0.4) is 0 Å². The van der Waals surface area contributed by atoms with E-state index < -0.39 is 12.4 Å². The van der Waals surface area contributed by atoms with E-state index in [9.17, 15) is 18.0 Å². The zero-order chi connectivity index (χ0) is 21.4. The third-order valence-corrected chi connectivity index (χ3v) is 4.73. The molecule has 0 aliphatic carbocycles. The summed E-state index contributed by atoms with van der Waals surface area (Å²) in [5, 5.41) is 0. The Morgan fingerprint density at radius 2 is 1.66 bits per heavy atom. The minimum atomic E-state index is -4.71. The SMILES string of the molecule is CCCC[C@H](N)C(=O)N(Cl)CCc1ccc(-c2ccc(OC(F)(F)F)cc2)cc1. The first kappa shape index (κ1) is 23.0. The van der Waals surface area contributed by atoms with Crippen molar-refractivity contribution in [2.75, 3.05) is 6.54 Å². The summed E-state index contributed by atoms with van der Waals surface area (Å²) < 4.78 is 41.7. The Bertz CT molecular complexity index is 780. The van der Waals surface area contributed by atoms with Crippen LogP contribution in [-0.4, -0.2) is 29.3 Å². The van der Waals surface area contributed by atoms with Crippen molar-refractivity contribution in [1.82, 2.24) is 4.42 Å². The van der Waals surface area contributed by atoms with Gasteiger partial charge in [0.25, 0.3) is 5.91 Å². The summed E-state index contributed by atoms with van der Waals surface area (Å²) >= 11 is 6.05. The molecule has 29 heavy (non-hydrogen) atoms. The van der Waals surface area contributed by atoms with Gasteiger partial charge in [-0.1, -0.05) is 56.2 Å². The topological polar surface area (TPSA) is 55.6 Å². The molecule has 0 spiro atoms. The van der Waals surface area contributed by atoms with Gasteiger partial charge in [0.15, 0.2) is 0 Å². The quantitative estimate of drug-likeness (QED) is 0.552. The number of carbonyl (C=O) groups is 1. The molecule has 0 radical (unpaired) electrons. The number of amides is 1. The first-order valence-corrected chi connectivity index (χ1v) is 9.71. The number of carbonyl (C=O) groups excluding carboxylic acids is 1. The van der Waals surface area contributed by atoms with Gasteiger partial charge in [0, 0.05) is 18.3 Å². The van der Waals surface area contributed by atoms with Gasteiger partial charge in [-0.2, -0.15) is 0 Å².